The molecule has 0 saturated heterocycles. The topological polar surface area (TPSA) is 85.6 Å². The molecule has 3 aromatic rings. The van der Waals surface area contributed by atoms with Crippen LogP contribution in [0.2, 0.25) is 0 Å². The number of carbonyl (C=O) groups excluding carboxylic acids is 1. The van der Waals surface area contributed by atoms with E-state index in [-0.39, 0.29) is 18.1 Å². The third kappa shape index (κ3) is 4.09. The number of rotatable bonds is 5. The van der Waals surface area contributed by atoms with Gasteiger partial charge in [-0.1, -0.05) is 18.6 Å². The minimum atomic E-state index is -0.694. The third-order valence-corrected chi connectivity index (χ3v) is 5.97. The van der Waals surface area contributed by atoms with E-state index in [2.05, 4.69) is 25.8 Å². The van der Waals surface area contributed by atoms with Gasteiger partial charge in [-0.25, -0.2) is 14.1 Å². The van der Waals surface area contributed by atoms with Crippen molar-refractivity contribution in [2.45, 2.75) is 51.5 Å². The second-order valence-corrected chi connectivity index (χ2v) is 8.04. The molecule has 0 fully saturated rings. The highest BCUT2D eigenvalue weighted by Gasteiger charge is 2.26. The number of nitrogens with one attached hydrogen (secondary N) is 1. The molecule has 1 atom stereocenters. The average Bonchev–Trinajstić information content (AvgIpc) is 3.19. The predicted molar refractivity (Wildman–Crippen MR) is 104 cm³/mol. The monoisotopic (exact) mass is 400 g/mol. The van der Waals surface area contributed by atoms with E-state index >= 15 is 0 Å². The zero-order chi connectivity index (χ0) is 19.5. The molecule has 2 aromatic heterocycles. The summed E-state index contributed by atoms with van der Waals surface area (Å²) in [4.78, 5) is 19.0. The van der Waals surface area contributed by atoms with E-state index in [9.17, 15) is 9.18 Å². The number of fused-ring (bicyclic) bond motifs is 1. The van der Waals surface area contributed by atoms with Gasteiger partial charge in [0, 0.05) is 11.3 Å². The first-order valence-electron chi connectivity index (χ1n) is 9.38. The van der Waals surface area contributed by atoms with E-state index in [1.807, 2.05) is 0 Å². The van der Waals surface area contributed by atoms with Crippen LogP contribution in [0.3, 0.4) is 0 Å². The zero-order valence-corrected chi connectivity index (χ0v) is 16.4. The highest BCUT2D eigenvalue weighted by Crippen LogP contribution is 2.29. The van der Waals surface area contributed by atoms with Crippen LogP contribution in [0.25, 0.3) is 0 Å². The summed E-state index contributed by atoms with van der Waals surface area (Å²) in [5, 5.41) is 15.0. The van der Waals surface area contributed by atoms with Crippen molar-refractivity contribution in [3.63, 3.8) is 0 Å². The lowest BCUT2D eigenvalue weighted by Crippen LogP contribution is -2.29. The normalized spacial score (nSPS) is 14.9. The molecule has 1 aromatic carbocycles. The minimum Gasteiger partial charge on any atom is -0.300 e. The molecule has 146 valence electrons. The highest BCUT2D eigenvalue weighted by molar-refractivity contribution is 7.15. The lowest BCUT2D eigenvalue weighted by molar-refractivity contribution is -0.119. The van der Waals surface area contributed by atoms with Gasteiger partial charge in [-0.15, -0.1) is 16.4 Å². The molecule has 28 heavy (non-hydrogen) atoms. The average molecular weight is 400 g/mol. The van der Waals surface area contributed by atoms with Crippen molar-refractivity contribution in [3.05, 3.63) is 52.0 Å². The molecule has 0 radical (unpaired) electrons. The number of aromatic nitrogens is 5. The first-order chi connectivity index (χ1) is 13.6. The number of nitrogens with zero attached hydrogens (tertiary/aromatic N) is 5. The molecule has 0 saturated carbocycles. The summed E-state index contributed by atoms with van der Waals surface area (Å²) in [5.74, 6) is -0.0798. The summed E-state index contributed by atoms with van der Waals surface area (Å²) >= 11 is 1.54. The second kappa shape index (κ2) is 8.14. The van der Waals surface area contributed by atoms with Crippen molar-refractivity contribution in [2.75, 3.05) is 5.32 Å². The molecule has 1 unspecified atom stereocenters. The molecule has 1 amide bonds. The Bertz CT molecular complexity index is 961. The van der Waals surface area contributed by atoms with Crippen molar-refractivity contribution in [1.82, 2.24) is 25.2 Å². The third-order valence-electron chi connectivity index (χ3n) is 4.90. The van der Waals surface area contributed by atoms with Crippen molar-refractivity contribution < 1.29 is 9.18 Å². The van der Waals surface area contributed by atoms with Gasteiger partial charge in [0.25, 0.3) is 5.91 Å². The Morgan fingerprint density at radius 3 is 2.96 bits per heavy atom. The van der Waals surface area contributed by atoms with E-state index in [0.29, 0.717) is 16.5 Å². The lowest BCUT2D eigenvalue weighted by atomic mass is 10.1. The molecule has 1 aliphatic rings. The molecule has 1 N–H and O–H groups in total. The molecule has 9 heteroatoms. The largest absolute Gasteiger partial charge is 0.300 e. The van der Waals surface area contributed by atoms with Gasteiger partial charge in [0.1, 0.15) is 17.7 Å². The summed E-state index contributed by atoms with van der Waals surface area (Å²) in [6.45, 7) is 1.73. The minimum absolute atomic E-state index is 0.261. The van der Waals surface area contributed by atoms with Gasteiger partial charge in [-0.05, 0) is 60.7 Å². The molecule has 4 rings (SSSR count). The van der Waals surface area contributed by atoms with Crippen molar-refractivity contribution in [2.24, 2.45) is 0 Å². The maximum atomic E-state index is 13.6. The number of anilines is 1. The fourth-order valence-electron chi connectivity index (χ4n) is 3.47. The Morgan fingerprint density at radius 2 is 2.18 bits per heavy atom. The number of thiazole rings is 1. The van der Waals surface area contributed by atoms with E-state index < -0.39 is 6.04 Å². The van der Waals surface area contributed by atoms with Gasteiger partial charge in [-0.2, -0.15) is 0 Å². The van der Waals surface area contributed by atoms with E-state index in [1.54, 1.807) is 30.4 Å². The molecular formula is C19H21FN6OS. The molecule has 2 heterocycles. The number of halogens is 1. The van der Waals surface area contributed by atoms with Crippen LogP contribution in [0.1, 0.15) is 47.3 Å². The van der Waals surface area contributed by atoms with Gasteiger partial charge in [0.2, 0.25) is 0 Å². The number of amides is 1. The number of hydrogen-bond donors (Lipinski definition) is 1. The van der Waals surface area contributed by atoms with Crippen LogP contribution in [0.4, 0.5) is 9.52 Å². The first-order valence-corrected chi connectivity index (χ1v) is 10.2. The maximum absolute atomic E-state index is 13.6. The van der Waals surface area contributed by atoms with E-state index in [4.69, 9.17) is 0 Å². The Balaban J connectivity index is 1.57. The summed E-state index contributed by atoms with van der Waals surface area (Å²) in [6.07, 6.45) is 5.77. The zero-order valence-electron chi connectivity index (χ0n) is 15.6. The van der Waals surface area contributed by atoms with E-state index in [0.717, 1.165) is 31.4 Å². The Morgan fingerprint density at radius 1 is 1.32 bits per heavy atom. The van der Waals surface area contributed by atoms with Gasteiger partial charge in [0.05, 0.1) is 5.69 Å². The molecule has 7 nitrogen and oxygen atoms in total. The fourth-order valence-corrected chi connectivity index (χ4v) is 4.53. The standard InChI is InChI=1S/C19H21FN6OS/c1-12-23-24-25-26(12)16(11-13-6-5-7-14(20)10-13)18(27)22-19-21-15-8-3-2-4-9-17(15)28-19/h5-7,10,16H,2-4,8-9,11H2,1H3,(H,21,22,27). The molecule has 1 aliphatic carbocycles. The van der Waals surface area contributed by atoms with Crippen molar-refractivity contribution in [1.29, 1.82) is 0 Å². The van der Waals surface area contributed by atoms with Crippen LogP contribution in [-0.2, 0) is 24.1 Å². The number of tetrazole rings is 1. The van der Waals surface area contributed by atoms with Crippen LogP contribution in [0, 0.1) is 12.7 Å². The lowest BCUT2D eigenvalue weighted by Gasteiger charge is -2.16. The molecular weight excluding hydrogens is 379 g/mol. The number of aryl methyl sites for hydroxylation is 3. The quantitative estimate of drug-likeness (QED) is 0.665. The summed E-state index contributed by atoms with van der Waals surface area (Å²) in [6, 6.07) is 5.52. The predicted octanol–water partition coefficient (Wildman–Crippen LogP) is 3.27. The van der Waals surface area contributed by atoms with Crippen LogP contribution in [0.5, 0.6) is 0 Å². The Kier molecular flexibility index (Phi) is 5.43. The van der Waals surface area contributed by atoms with Crippen LogP contribution in [-0.4, -0.2) is 31.1 Å². The molecule has 0 aliphatic heterocycles. The summed E-state index contributed by atoms with van der Waals surface area (Å²) < 4.78 is 15.1. The highest BCUT2D eigenvalue weighted by atomic mass is 32.1. The number of benzene rings is 1. The maximum Gasteiger partial charge on any atom is 0.251 e. The van der Waals surface area contributed by atoms with Crippen molar-refractivity contribution >= 4 is 22.4 Å². The Hall–Kier alpha value is -2.68. The van der Waals surface area contributed by atoms with Gasteiger partial charge in [-0.3, -0.25) is 4.79 Å². The van der Waals surface area contributed by atoms with Crippen molar-refractivity contribution in [3.8, 4) is 0 Å². The SMILES string of the molecule is Cc1nnnn1C(Cc1cccc(F)c1)C(=O)Nc1nc2c(s1)CCCCC2. The van der Waals surface area contributed by atoms with Crippen LogP contribution < -0.4 is 5.32 Å². The van der Waals surface area contributed by atoms with Gasteiger partial charge >= 0.3 is 0 Å². The summed E-state index contributed by atoms with van der Waals surface area (Å²) in [5.41, 5.74) is 1.79. The van der Waals surface area contributed by atoms with Gasteiger partial charge < -0.3 is 5.32 Å². The van der Waals surface area contributed by atoms with Gasteiger partial charge in [0.15, 0.2) is 5.13 Å². The number of hydrogen-bond acceptors (Lipinski definition) is 6. The Labute approximate surface area is 166 Å². The van der Waals surface area contributed by atoms with E-state index in [1.165, 1.54) is 28.1 Å². The summed E-state index contributed by atoms with van der Waals surface area (Å²) in [7, 11) is 0. The second-order valence-electron chi connectivity index (χ2n) is 6.96. The smallest absolute Gasteiger partial charge is 0.251 e. The van der Waals surface area contributed by atoms with Crippen LogP contribution in [0.15, 0.2) is 24.3 Å². The van der Waals surface area contributed by atoms with Crippen LogP contribution >= 0.6 is 11.3 Å². The number of carbonyl (C=O) groups is 1. The molecule has 0 spiro atoms. The first kappa shape index (κ1) is 18.7. The fraction of sp³-hybridized carbons (Fsp3) is 0.421. The molecule has 0 bridgehead atoms.